The average molecular weight is 287 g/mol. The van der Waals surface area contributed by atoms with Crippen molar-refractivity contribution in [1.29, 1.82) is 0 Å². The minimum absolute atomic E-state index is 0.0228. The van der Waals surface area contributed by atoms with Gasteiger partial charge in [0.05, 0.1) is 0 Å². The van der Waals surface area contributed by atoms with Crippen LogP contribution in [0.25, 0.3) is 0 Å². The van der Waals surface area contributed by atoms with Crippen molar-refractivity contribution in [2.45, 2.75) is 6.61 Å². The van der Waals surface area contributed by atoms with Crippen LogP contribution in [0.5, 0.6) is 5.75 Å². The molecule has 0 fully saturated rings. The van der Waals surface area contributed by atoms with E-state index in [4.69, 9.17) is 4.74 Å². The first-order valence-electron chi connectivity index (χ1n) is 5.73. The van der Waals surface area contributed by atoms with Crippen LogP contribution in [-0.2, 0) is 6.61 Å². The molecule has 0 heterocycles. The molecule has 1 nitrogen and oxygen atoms in total. The van der Waals surface area contributed by atoms with Gasteiger partial charge in [-0.05, 0) is 24.3 Å². The van der Waals surface area contributed by atoms with Gasteiger partial charge in [-0.3, -0.25) is 0 Å². The number of hydrogen-bond donors (Lipinski definition) is 0. The quantitative estimate of drug-likeness (QED) is 0.616. The minimum atomic E-state index is -5.11. The first kappa shape index (κ1) is 14.4. The van der Waals surface area contributed by atoms with Gasteiger partial charge in [0, 0.05) is 11.6 Å². The number of hydrogen-bond acceptors (Lipinski definition) is 1. The lowest BCUT2D eigenvalue weighted by Crippen LogP contribution is -2.33. The Morgan fingerprint density at radius 3 is 2.35 bits per heavy atom. The molecule has 0 N–H and O–H groups in total. The van der Waals surface area contributed by atoms with Gasteiger partial charge in [0.2, 0.25) is 0 Å². The van der Waals surface area contributed by atoms with E-state index in [1.807, 2.05) is 0 Å². The van der Waals surface area contributed by atoms with Crippen LogP contribution in [0.1, 0.15) is 5.56 Å². The van der Waals surface area contributed by atoms with Gasteiger partial charge >= 0.3 is 6.98 Å². The Morgan fingerprint density at radius 1 is 0.950 bits per heavy atom. The van der Waals surface area contributed by atoms with E-state index in [1.54, 1.807) is 0 Å². The largest absolute Gasteiger partial charge is 0.509 e. The maximum atomic E-state index is 13.3. The zero-order chi connectivity index (χ0) is 14.8. The van der Waals surface area contributed by atoms with Gasteiger partial charge in [-0.2, -0.15) is 0 Å². The van der Waals surface area contributed by atoms with Crippen molar-refractivity contribution in [3.63, 3.8) is 0 Å². The number of benzene rings is 2. The molecule has 20 heavy (non-hydrogen) atoms. The van der Waals surface area contributed by atoms with Crippen LogP contribution in [0.2, 0.25) is 0 Å². The van der Waals surface area contributed by atoms with Gasteiger partial charge in [-0.25, -0.2) is 8.78 Å². The Kier molecular flexibility index (Phi) is 3.97. The molecule has 7 heteroatoms. The molecular formula is C13H9BF5O-. The monoisotopic (exact) mass is 287 g/mol. The van der Waals surface area contributed by atoms with Crippen LogP contribution < -0.4 is 10.2 Å². The molecule has 0 saturated carbocycles. The summed E-state index contributed by atoms with van der Waals surface area (Å²) in [5.41, 5.74) is -0.726. The van der Waals surface area contributed by atoms with Crippen molar-refractivity contribution in [2.75, 3.05) is 0 Å². The maximum Gasteiger partial charge on any atom is 0.509 e. The van der Waals surface area contributed by atoms with E-state index in [9.17, 15) is 21.7 Å². The number of rotatable bonds is 4. The van der Waals surface area contributed by atoms with Crippen molar-refractivity contribution in [3.05, 3.63) is 59.7 Å². The summed E-state index contributed by atoms with van der Waals surface area (Å²) in [7, 11) is 0. The van der Waals surface area contributed by atoms with Crippen molar-refractivity contribution < 1.29 is 26.5 Å². The molecule has 0 aliphatic heterocycles. The highest BCUT2D eigenvalue weighted by atomic mass is 19.4. The van der Waals surface area contributed by atoms with E-state index in [-0.39, 0.29) is 17.9 Å². The molecule has 0 amide bonds. The van der Waals surface area contributed by atoms with Crippen LogP contribution in [0.3, 0.4) is 0 Å². The first-order valence-corrected chi connectivity index (χ1v) is 5.73. The molecule has 0 saturated heterocycles. The lowest BCUT2D eigenvalue weighted by Gasteiger charge is -2.16. The molecule has 0 aliphatic carbocycles. The average Bonchev–Trinajstić information content (AvgIpc) is 2.37. The fourth-order valence-electron chi connectivity index (χ4n) is 1.61. The molecular weight excluding hydrogens is 278 g/mol. The highest BCUT2D eigenvalue weighted by Gasteiger charge is 2.25. The molecule has 0 aliphatic rings. The smallest absolute Gasteiger partial charge is 0.489 e. The van der Waals surface area contributed by atoms with Crippen molar-refractivity contribution in [2.24, 2.45) is 0 Å². The summed E-state index contributed by atoms with van der Waals surface area (Å²) in [6.45, 7) is -5.39. The molecule has 0 spiro atoms. The summed E-state index contributed by atoms with van der Waals surface area (Å²) >= 11 is 0. The molecule has 2 rings (SSSR count). The summed E-state index contributed by atoms with van der Waals surface area (Å²) in [6.07, 6.45) is 0. The van der Waals surface area contributed by atoms with E-state index < -0.39 is 24.1 Å². The summed E-state index contributed by atoms with van der Waals surface area (Å²) in [6, 6.07) is 7.26. The normalized spacial score (nSPS) is 11.4. The van der Waals surface area contributed by atoms with E-state index in [0.29, 0.717) is 6.07 Å². The third-order valence-electron chi connectivity index (χ3n) is 2.65. The van der Waals surface area contributed by atoms with Crippen molar-refractivity contribution >= 4 is 12.4 Å². The predicted octanol–water partition coefficient (Wildman–Crippen LogP) is 3.60. The molecule has 0 bridgehead atoms. The summed E-state index contributed by atoms with van der Waals surface area (Å²) in [5, 5.41) is 0. The second-order valence-electron chi connectivity index (χ2n) is 4.17. The van der Waals surface area contributed by atoms with E-state index >= 15 is 0 Å². The maximum absolute atomic E-state index is 13.3. The van der Waals surface area contributed by atoms with Crippen LogP contribution >= 0.6 is 0 Å². The highest BCUT2D eigenvalue weighted by molar-refractivity contribution is 6.73. The van der Waals surface area contributed by atoms with Gasteiger partial charge in [0.25, 0.3) is 0 Å². The zero-order valence-corrected chi connectivity index (χ0v) is 10.1. The van der Waals surface area contributed by atoms with E-state index in [2.05, 4.69) is 0 Å². The molecule has 2 aromatic rings. The van der Waals surface area contributed by atoms with E-state index in [1.165, 1.54) is 18.2 Å². The van der Waals surface area contributed by atoms with E-state index in [0.717, 1.165) is 18.2 Å². The Hall–Kier alpha value is -2.05. The second kappa shape index (κ2) is 5.52. The Morgan fingerprint density at radius 2 is 1.70 bits per heavy atom. The standard InChI is InChI=1S/C13H9BF5O/c15-11-5-4-9(13(16)7-11)8-20-12-3-1-2-10(6-12)14(17,18)19/h1-7H,8H2/q-1. The van der Waals surface area contributed by atoms with Crippen molar-refractivity contribution in [1.82, 2.24) is 0 Å². The first-order chi connectivity index (χ1) is 9.36. The lowest BCUT2D eigenvalue weighted by molar-refractivity contribution is 0.299. The van der Waals surface area contributed by atoms with Gasteiger partial charge in [0.15, 0.2) is 0 Å². The fraction of sp³-hybridized carbons (Fsp3) is 0.0769. The van der Waals surface area contributed by atoms with Gasteiger partial charge < -0.3 is 17.7 Å². The summed E-state index contributed by atoms with van der Waals surface area (Å²) in [4.78, 5) is 0. The van der Waals surface area contributed by atoms with Crippen LogP contribution in [0, 0.1) is 11.6 Å². The Bertz CT molecular complexity index is 612. The zero-order valence-electron chi connectivity index (χ0n) is 10.1. The fourth-order valence-corrected chi connectivity index (χ4v) is 1.61. The third kappa shape index (κ3) is 3.49. The van der Waals surface area contributed by atoms with Crippen molar-refractivity contribution in [3.8, 4) is 5.75 Å². The van der Waals surface area contributed by atoms with Gasteiger partial charge in [-0.1, -0.05) is 12.1 Å². The molecule has 0 aromatic heterocycles. The Balaban J connectivity index is 2.11. The SMILES string of the molecule is Fc1ccc(COc2cccc([B-](F)(F)F)c2)c(F)c1. The lowest BCUT2D eigenvalue weighted by atomic mass is 9.80. The second-order valence-corrected chi connectivity index (χ2v) is 4.17. The molecule has 106 valence electrons. The van der Waals surface area contributed by atoms with Gasteiger partial charge in [-0.15, -0.1) is 5.46 Å². The van der Waals surface area contributed by atoms with Crippen LogP contribution in [0.15, 0.2) is 42.5 Å². The highest BCUT2D eigenvalue weighted by Crippen LogP contribution is 2.17. The number of halogens is 5. The minimum Gasteiger partial charge on any atom is -0.489 e. The summed E-state index contributed by atoms with van der Waals surface area (Å²) < 4.78 is 68.7. The Labute approximate surface area is 112 Å². The molecule has 2 aromatic carbocycles. The number of ether oxygens (including phenoxy) is 1. The topological polar surface area (TPSA) is 9.23 Å². The molecule has 0 unspecified atom stereocenters. The summed E-state index contributed by atoms with van der Waals surface area (Å²) in [5.74, 6) is -1.56. The third-order valence-corrected chi connectivity index (χ3v) is 2.65. The van der Waals surface area contributed by atoms with Crippen LogP contribution in [0.4, 0.5) is 21.7 Å². The molecule has 0 atom stereocenters. The van der Waals surface area contributed by atoms with Crippen LogP contribution in [-0.4, -0.2) is 6.98 Å². The molecule has 0 radical (unpaired) electrons. The van der Waals surface area contributed by atoms with Gasteiger partial charge in [0.1, 0.15) is 24.0 Å². The predicted molar refractivity (Wildman–Crippen MR) is 65.8 cm³/mol.